The topological polar surface area (TPSA) is 89.3 Å². The first-order chi connectivity index (χ1) is 7.98. The number of aliphatic imine (C=N–C) groups is 1. The highest BCUT2D eigenvalue weighted by Crippen LogP contribution is 2.28. The molecule has 7 nitrogen and oxygen atoms in total. The minimum absolute atomic E-state index is 0.0444. The van der Waals surface area contributed by atoms with Crippen LogP contribution >= 0.6 is 11.8 Å². The first-order valence-corrected chi connectivity index (χ1v) is 5.86. The molecule has 1 aliphatic rings. The van der Waals surface area contributed by atoms with Crippen molar-refractivity contribution in [1.29, 1.82) is 0 Å². The molecule has 0 amide bonds. The Kier molecular flexibility index (Phi) is 4.11. The van der Waals surface area contributed by atoms with Crippen LogP contribution in [0.2, 0.25) is 0 Å². The van der Waals surface area contributed by atoms with Crippen LogP contribution < -0.4 is 5.43 Å². The summed E-state index contributed by atoms with van der Waals surface area (Å²) in [4.78, 5) is 25.9. The number of amidine groups is 1. The van der Waals surface area contributed by atoms with E-state index in [-0.39, 0.29) is 11.5 Å². The summed E-state index contributed by atoms with van der Waals surface area (Å²) in [5.74, 6) is -1.28. The molecule has 94 valence electrons. The average molecular weight is 259 g/mol. The van der Waals surface area contributed by atoms with Gasteiger partial charge in [0.1, 0.15) is 0 Å². The summed E-state index contributed by atoms with van der Waals surface area (Å²) in [6.07, 6.45) is 1.75. The molecule has 0 saturated heterocycles. The van der Waals surface area contributed by atoms with E-state index in [2.05, 4.69) is 25.0 Å². The van der Waals surface area contributed by atoms with Crippen LogP contribution in [0.3, 0.4) is 0 Å². The maximum atomic E-state index is 11.5. The number of methoxy groups -OCH3 is 2. The lowest BCUT2D eigenvalue weighted by molar-refractivity contribution is -0.134. The molecule has 1 heterocycles. The Labute approximate surface area is 103 Å². The maximum Gasteiger partial charge on any atom is 0.375 e. The minimum Gasteiger partial charge on any atom is -0.464 e. The standard InChI is InChI=1S/C9H13N3O4S/c1-9(17-4)5(7(13)15-2)11-12-6(10-9)8(14)16-3/h1-4H3,(H,10,12). The second-order valence-electron chi connectivity index (χ2n) is 3.20. The smallest absolute Gasteiger partial charge is 0.375 e. The van der Waals surface area contributed by atoms with Gasteiger partial charge in [0, 0.05) is 0 Å². The quantitative estimate of drug-likeness (QED) is 0.704. The van der Waals surface area contributed by atoms with Crippen molar-refractivity contribution in [1.82, 2.24) is 5.43 Å². The molecule has 0 aromatic rings. The molecular formula is C9H13N3O4S. The molecule has 1 rings (SSSR count). The van der Waals surface area contributed by atoms with Gasteiger partial charge in [-0.1, -0.05) is 0 Å². The van der Waals surface area contributed by atoms with Crippen molar-refractivity contribution < 1.29 is 19.1 Å². The van der Waals surface area contributed by atoms with E-state index in [1.165, 1.54) is 26.0 Å². The fourth-order valence-electron chi connectivity index (χ4n) is 1.17. The molecule has 1 aliphatic heterocycles. The normalized spacial score (nSPS) is 23.1. The van der Waals surface area contributed by atoms with Crippen LogP contribution in [-0.4, -0.2) is 48.8 Å². The first-order valence-electron chi connectivity index (χ1n) is 4.64. The van der Waals surface area contributed by atoms with E-state index in [1.54, 1.807) is 13.2 Å². The Bertz CT molecular complexity index is 407. The number of hydrogen-bond acceptors (Lipinski definition) is 8. The molecule has 0 aromatic carbocycles. The van der Waals surface area contributed by atoms with E-state index < -0.39 is 16.8 Å². The van der Waals surface area contributed by atoms with Crippen LogP contribution in [0.4, 0.5) is 0 Å². The van der Waals surface area contributed by atoms with Gasteiger partial charge in [0.05, 0.1) is 14.2 Å². The van der Waals surface area contributed by atoms with Crippen LogP contribution in [0.15, 0.2) is 10.1 Å². The van der Waals surface area contributed by atoms with Gasteiger partial charge in [0.2, 0.25) is 5.84 Å². The highest BCUT2D eigenvalue weighted by Gasteiger charge is 2.39. The molecule has 0 bridgehead atoms. The predicted molar refractivity (Wildman–Crippen MR) is 64.0 cm³/mol. The molecule has 8 heteroatoms. The first kappa shape index (κ1) is 13.5. The number of nitrogens with one attached hydrogen (secondary N) is 1. The van der Waals surface area contributed by atoms with Crippen molar-refractivity contribution in [3.8, 4) is 0 Å². The fourth-order valence-corrected chi connectivity index (χ4v) is 1.67. The van der Waals surface area contributed by atoms with Crippen LogP contribution in [0.5, 0.6) is 0 Å². The van der Waals surface area contributed by atoms with Gasteiger partial charge in [-0.25, -0.2) is 14.6 Å². The van der Waals surface area contributed by atoms with Crippen LogP contribution in [0.25, 0.3) is 0 Å². The molecule has 17 heavy (non-hydrogen) atoms. The minimum atomic E-state index is -0.970. The third-order valence-electron chi connectivity index (χ3n) is 2.19. The van der Waals surface area contributed by atoms with Crippen LogP contribution in [0, 0.1) is 0 Å². The highest BCUT2D eigenvalue weighted by atomic mass is 32.2. The Morgan fingerprint density at radius 3 is 2.35 bits per heavy atom. The van der Waals surface area contributed by atoms with Crippen molar-refractivity contribution in [2.24, 2.45) is 10.1 Å². The van der Waals surface area contributed by atoms with Gasteiger partial charge in [-0.05, 0) is 13.2 Å². The zero-order chi connectivity index (χ0) is 13.1. The molecule has 0 spiro atoms. The molecular weight excluding hydrogens is 246 g/mol. The lowest BCUT2D eigenvalue weighted by atomic mass is 10.2. The zero-order valence-electron chi connectivity index (χ0n) is 9.94. The Morgan fingerprint density at radius 2 is 1.88 bits per heavy atom. The SMILES string of the molecule is COC(=O)C1=NC(C)(SC)C(C(=O)OC)=NN1. The number of carbonyl (C=O) groups excluding carboxylic acids is 2. The van der Waals surface area contributed by atoms with E-state index in [0.717, 1.165) is 0 Å². The summed E-state index contributed by atoms with van der Waals surface area (Å²) in [7, 11) is 2.49. The van der Waals surface area contributed by atoms with Gasteiger partial charge >= 0.3 is 11.9 Å². The molecule has 0 radical (unpaired) electrons. The maximum absolute atomic E-state index is 11.5. The molecule has 0 fully saturated rings. The Balaban J connectivity index is 3.07. The molecule has 1 atom stereocenters. The number of rotatable bonds is 3. The number of hydrogen-bond donors (Lipinski definition) is 1. The van der Waals surface area contributed by atoms with E-state index in [0.29, 0.717) is 0 Å². The van der Waals surface area contributed by atoms with Crippen molar-refractivity contribution in [3.05, 3.63) is 0 Å². The molecule has 0 aliphatic carbocycles. The summed E-state index contributed by atoms with van der Waals surface area (Å²) < 4.78 is 9.12. The zero-order valence-corrected chi connectivity index (χ0v) is 10.8. The summed E-state index contributed by atoms with van der Waals surface area (Å²) in [6, 6.07) is 0. The van der Waals surface area contributed by atoms with Gasteiger partial charge < -0.3 is 9.47 Å². The third-order valence-corrected chi connectivity index (χ3v) is 3.27. The van der Waals surface area contributed by atoms with E-state index >= 15 is 0 Å². The summed E-state index contributed by atoms with van der Waals surface area (Å²) in [6.45, 7) is 1.66. The van der Waals surface area contributed by atoms with Crippen molar-refractivity contribution in [2.75, 3.05) is 20.5 Å². The number of nitrogens with zero attached hydrogens (tertiary/aromatic N) is 2. The number of hydrazone groups is 1. The monoisotopic (exact) mass is 259 g/mol. The lowest BCUT2D eigenvalue weighted by Gasteiger charge is -2.27. The van der Waals surface area contributed by atoms with Crippen molar-refractivity contribution >= 4 is 35.2 Å². The summed E-state index contributed by atoms with van der Waals surface area (Å²) >= 11 is 1.26. The van der Waals surface area contributed by atoms with Gasteiger partial charge in [-0.3, -0.25) is 5.43 Å². The highest BCUT2D eigenvalue weighted by molar-refractivity contribution is 8.00. The van der Waals surface area contributed by atoms with Gasteiger partial charge in [0.25, 0.3) is 0 Å². The van der Waals surface area contributed by atoms with E-state index in [1.807, 2.05) is 0 Å². The van der Waals surface area contributed by atoms with Crippen molar-refractivity contribution in [3.63, 3.8) is 0 Å². The van der Waals surface area contributed by atoms with Crippen LogP contribution in [0.1, 0.15) is 6.92 Å². The molecule has 0 aromatic heterocycles. The fraction of sp³-hybridized carbons (Fsp3) is 0.556. The summed E-state index contributed by atoms with van der Waals surface area (Å²) in [5.41, 5.74) is 2.47. The molecule has 0 saturated carbocycles. The Morgan fingerprint density at radius 1 is 1.29 bits per heavy atom. The number of carbonyl (C=O) groups is 2. The van der Waals surface area contributed by atoms with Crippen LogP contribution in [-0.2, 0) is 19.1 Å². The Hall–Kier alpha value is -1.57. The van der Waals surface area contributed by atoms with Gasteiger partial charge in [-0.2, -0.15) is 5.10 Å². The average Bonchev–Trinajstić information content (AvgIpc) is 2.36. The molecule has 1 N–H and O–H groups in total. The molecule has 1 unspecified atom stereocenters. The predicted octanol–water partition coefficient (Wildman–Crippen LogP) is -0.231. The number of ether oxygens (including phenoxy) is 2. The second kappa shape index (κ2) is 5.17. The lowest BCUT2D eigenvalue weighted by Crippen LogP contribution is -2.46. The number of esters is 2. The van der Waals surface area contributed by atoms with E-state index in [9.17, 15) is 9.59 Å². The third kappa shape index (κ3) is 2.57. The number of thioether (sulfide) groups is 1. The second-order valence-corrected chi connectivity index (χ2v) is 4.41. The van der Waals surface area contributed by atoms with E-state index in [4.69, 9.17) is 0 Å². The summed E-state index contributed by atoms with van der Waals surface area (Å²) in [5, 5.41) is 3.81. The van der Waals surface area contributed by atoms with Gasteiger partial charge in [0.15, 0.2) is 10.6 Å². The van der Waals surface area contributed by atoms with Crippen molar-refractivity contribution in [2.45, 2.75) is 11.8 Å². The van der Waals surface area contributed by atoms with Gasteiger partial charge in [-0.15, -0.1) is 11.8 Å². The largest absolute Gasteiger partial charge is 0.464 e.